The summed E-state index contributed by atoms with van der Waals surface area (Å²) in [5, 5.41) is 9.50. The molecule has 70 valence electrons. The van der Waals surface area contributed by atoms with Crippen LogP contribution in [-0.2, 0) is 0 Å². The van der Waals surface area contributed by atoms with Gasteiger partial charge in [-0.15, -0.1) is 0 Å². The molecule has 0 saturated carbocycles. The van der Waals surface area contributed by atoms with Crippen molar-refractivity contribution < 1.29 is 5.11 Å². The standard InChI is InChI=1S/C10H19NO/c1-4-6-7-8-10(12)9(3)11-5-2/h5,10,12H,2,4,6-8H2,1,3H3/b11-9+/t10-/m1/s1. The first-order valence-corrected chi connectivity index (χ1v) is 4.55. The summed E-state index contributed by atoms with van der Waals surface area (Å²) in [7, 11) is 0. The lowest BCUT2D eigenvalue weighted by Crippen LogP contribution is -2.16. The van der Waals surface area contributed by atoms with Crippen LogP contribution in [0.5, 0.6) is 0 Å². The van der Waals surface area contributed by atoms with Gasteiger partial charge in [0.25, 0.3) is 0 Å². The highest BCUT2D eigenvalue weighted by Gasteiger charge is 2.05. The van der Waals surface area contributed by atoms with E-state index >= 15 is 0 Å². The zero-order valence-electron chi connectivity index (χ0n) is 8.08. The molecule has 0 aliphatic carbocycles. The summed E-state index contributed by atoms with van der Waals surface area (Å²) < 4.78 is 0. The third-order valence-electron chi connectivity index (χ3n) is 1.86. The Kier molecular flexibility index (Phi) is 6.67. The highest BCUT2D eigenvalue weighted by Crippen LogP contribution is 2.04. The second kappa shape index (κ2) is 7.04. The van der Waals surface area contributed by atoms with E-state index in [4.69, 9.17) is 0 Å². The molecule has 0 bridgehead atoms. The number of aliphatic hydroxyl groups is 1. The van der Waals surface area contributed by atoms with Crippen molar-refractivity contribution in [2.45, 2.75) is 45.6 Å². The fourth-order valence-electron chi connectivity index (χ4n) is 1.03. The van der Waals surface area contributed by atoms with Crippen molar-refractivity contribution in [1.29, 1.82) is 0 Å². The molecule has 0 aromatic carbocycles. The molecule has 12 heavy (non-hydrogen) atoms. The summed E-state index contributed by atoms with van der Waals surface area (Å²) in [4.78, 5) is 3.93. The van der Waals surface area contributed by atoms with Crippen molar-refractivity contribution in [2.75, 3.05) is 0 Å². The van der Waals surface area contributed by atoms with Gasteiger partial charge in [-0.25, -0.2) is 0 Å². The zero-order chi connectivity index (χ0) is 9.40. The van der Waals surface area contributed by atoms with Crippen LogP contribution in [0, 0.1) is 0 Å². The molecule has 0 aromatic heterocycles. The summed E-state index contributed by atoms with van der Waals surface area (Å²) in [6.45, 7) is 7.46. The summed E-state index contributed by atoms with van der Waals surface area (Å²) in [5.41, 5.74) is 0.765. The zero-order valence-corrected chi connectivity index (χ0v) is 8.08. The van der Waals surface area contributed by atoms with E-state index in [2.05, 4.69) is 18.5 Å². The summed E-state index contributed by atoms with van der Waals surface area (Å²) >= 11 is 0. The Morgan fingerprint density at radius 3 is 2.75 bits per heavy atom. The number of rotatable bonds is 6. The molecule has 0 heterocycles. The van der Waals surface area contributed by atoms with Crippen molar-refractivity contribution >= 4 is 5.71 Å². The molecule has 0 unspecified atom stereocenters. The molecule has 0 fully saturated rings. The fraction of sp³-hybridized carbons (Fsp3) is 0.700. The van der Waals surface area contributed by atoms with Crippen molar-refractivity contribution in [1.82, 2.24) is 0 Å². The highest BCUT2D eigenvalue weighted by atomic mass is 16.3. The Labute approximate surface area is 75.0 Å². The van der Waals surface area contributed by atoms with Gasteiger partial charge in [0.05, 0.1) is 6.10 Å². The lowest BCUT2D eigenvalue weighted by atomic mass is 10.1. The summed E-state index contributed by atoms with van der Waals surface area (Å²) in [5.74, 6) is 0. The van der Waals surface area contributed by atoms with Gasteiger partial charge in [-0.05, 0) is 13.3 Å². The van der Waals surface area contributed by atoms with Crippen LogP contribution in [-0.4, -0.2) is 16.9 Å². The molecule has 0 aliphatic rings. The van der Waals surface area contributed by atoms with E-state index in [1.54, 1.807) is 0 Å². The van der Waals surface area contributed by atoms with E-state index in [9.17, 15) is 5.11 Å². The second-order valence-corrected chi connectivity index (χ2v) is 2.96. The van der Waals surface area contributed by atoms with Gasteiger partial charge in [-0.1, -0.05) is 32.8 Å². The molecule has 1 atom stereocenters. The number of hydrogen-bond donors (Lipinski definition) is 1. The Morgan fingerprint density at radius 2 is 2.25 bits per heavy atom. The van der Waals surface area contributed by atoms with Crippen molar-refractivity contribution in [3.8, 4) is 0 Å². The van der Waals surface area contributed by atoms with Crippen LogP contribution < -0.4 is 0 Å². The molecule has 2 nitrogen and oxygen atoms in total. The molecular formula is C10H19NO. The molecule has 0 aromatic rings. The molecule has 0 amide bonds. The van der Waals surface area contributed by atoms with E-state index < -0.39 is 0 Å². The van der Waals surface area contributed by atoms with Gasteiger partial charge in [0.2, 0.25) is 0 Å². The monoisotopic (exact) mass is 169 g/mol. The van der Waals surface area contributed by atoms with Gasteiger partial charge in [-0.3, -0.25) is 4.99 Å². The maximum absolute atomic E-state index is 9.50. The Bertz CT molecular complexity index is 152. The summed E-state index contributed by atoms with van der Waals surface area (Å²) in [6, 6.07) is 0. The van der Waals surface area contributed by atoms with Crippen LogP contribution in [0.2, 0.25) is 0 Å². The molecule has 1 N–H and O–H groups in total. The molecule has 0 aliphatic heterocycles. The average Bonchev–Trinajstić information content (AvgIpc) is 2.05. The number of unbranched alkanes of at least 4 members (excludes halogenated alkanes) is 2. The first-order valence-electron chi connectivity index (χ1n) is 4.55. The second-order valence-electron chi connectivity index (χ2n) is 2.96. The van der Waals surface area contributed by atoms with Gasteiger partial charge in [0, 0.05) is 11.9 Å². The first-order chi connectivity index (χ1) is 5.72. The molecule has 0 rings (SSSR count). The smallest absolute Gasteiger partial charge is 0.0918 e. The van der Waals surface area contributed by atoms with Crippen LogP contribution in [0.3, 0.4) is 0 Å². The van der Waals surface area contributed by atoms with Crippen LogP contribution in [0.4, 0.5) is 0 Å². The third-order valence-corrected chi connectivity index (χ3v) is 1.86. The van der Waals surface area contributed by atoms with Crippen LogP contribution in [0.25, 0.3) is 0 Å². The van der Waals surface area contributed by atoms with E-state index in [0.29, 0.717) is 0 Å². The number of nitrogens with zero attached hydrogens (tertiary/aromatic N) is 1. The van der Waals surface area contributed by atoms with Crippen molar-refractivity contribution in [2.24, 2.45) is 4.99 Å². The lowest BCUT2D eigenvalue weighted by Gasteiger charge is -2.08. The number of aliphatic hydroxyl groups excluding tert-OH is 1. The predicted octanol–water partition coefficient (Wildman–Crippen LogP) is 2.53. The first kappa shape index (κ1) is 11.4. The largest absolute Gasteiger partial charge is 0.387 e. The van der Waals surface area contributed by atoms with Crippen LogP contribution >= 0.6 is 0 Å². The van der Waals surface area contributed by atoms with Crippen LogP contribution in [0.15, 0.2) is 17.8 Å². The SMILES string of the molecule is C=C/N=C(\C)[C@H](O)CCCCC. The lowest BCUT2D eigenvalue weighted by molar-refractivity contribution is 0.225. The Morgan fingerprint density at radius 1 is 1.58 bits per heavy atom. The molecule has 2 heteroatoms. The maximum Gasteiger partial charge on any atom is 0.0918 e. The molecule has 0 spiro atoms. The number of aliphatic imine (C=N–C) groups is 1. The fourth-order valence-corrected chi connectivity index (χ4v) is 1.03. The van der Waals surface area contributed by atoms with Gasteiger partial charge >= 0.3 is 0 Å². The van der Waals surface area contributed by atoms with Gasteiger partial charge in [0.1, 0.15) is 0 Å². The third kappa shape index (κ3) is 5.08. The minimum absolute atomic E-state index is 0.380. The van der Waals surface area contributed by atoms with E-state index in [-0.39, 0.29) is 6.10 Å². The number of hydrogen-bond acceptors (Lipinski definition) is 2. The van der Waals surface area contributed by atoms with E-state index in [1.807, 2.05) is 6.92 Å². The van der Waals surface area contributed by atoms with Gasteiger partial charge < -0.3 is 5.11 Å². The van der Waals surface area contributed by atoms with Crippen LogP contribution in [0.1, 0.15) is 39.5 Å². The average molecular weight is 169 g/mol. The molecule has 0 saturated heterocycles. The van der Waals surface area contributed by atoms with E-state index in [0.717, 1.165) is 18.6 Å². The molecular weight excluding hydrogens is 150 g/mol. The normalized spacial score (nSPS) is 14.4. The minimum atomic E-state index is -0.380. The van der Waals surface area contributed by atoms with E-state index in [1.165, 1.54) is 19.0 Å². The Hall–Kier alpha value is -0.630. The highest BCUT2D eigenvalue weighted by molar-refractivity contribution is 5.86. The summed E-state index contributed by atoms with van der Waals surface area (Å²) in [6.07, 6.45) is 5.34. The van der Waals surface area contributed by atoms with Crippen molar-refractivity contribution in [3.63, 3.8) is 0 Å². The topological polar surface area (TPSA) is 32.6 Å². The van der Waals surface area contributed by atoms with Crippen molar-refractivity contribution in [3.05, 3.63) is 12.8 Å². The van der Waals surface area contributed by atoms with Gasteiger partial charge in [-0.2, -0.15) is 0 Å². The minimum Gasteiger partial charge on any atom is -0.387 e. The molecule has 0 radical (unpaired) electrons. The van der Waals surface area contributed by atoms with Gasteiger partial charge in [0.15, 0.2) is 0 Å². The maximum atomic E-state index is 9.50. The quantitative estimate of drug-likeness (QED) is 0.481. The Balaban J connectivity index is 3.63. The predicted molar refractivity (Wildman–Crippen MR) is 53.5 cm³/mol.